The lowest BCUT2D eigenvalue weighted by Crippen LogP contribution is -2.39. The zero-order valence-corrected chi connectivity index (χ0v) is 9.10. The van der Waals surface area contributed by atoms with Crippen LogP contribution in [0.1, 0.15) is 18.4 Å². The van der Waals surface area contributed by atoms with E-state index >= 15 is 0 Å². The molecule has 1 saturated heterocycles. The molecular formula is C12H15FN2O. The maximum Gasteiger partial charge on any atom is 0.227 e. The molecule has 0 spiro atoms. The Morgan fingerprint density at radius 1 is 1.50 bits per heavy atom. The first-order valence-corrected chi connectivity index (χ1v) is 5.56. The molecule has 2 heterocycles. The van der Waals surface area contributed by atoms with E-state index in [2.05, 4.69) is 4.98 Å². The van der Waals surface area contributed by atoms with Gasteiger partial charge < -0.3 is 4.90 Å². The Labute approximate surface area is 94.3 Å². The summed E-state index contributed by atoms with van der Waals surface area (Å²) < 4.78 is 12.9. The first-order valence-electron chi connectivity index (χ1n) is 5.56. The first kappa shape index (κ1) is 11.0. The second-order valence-corrected chi connectivity index (χ2v) is 4.09. The molecule has 1 aliphatic rings. The third kappa shape index (κ3) is 2.78. The normalized spacial score (nSPS) is 17.4. The van der Waals surface area contributed by atoms with Crippen molar-refractivity contribution < 1.29 is 9.18 Å². The van der Waals surface area contributed by atoms with Crippen LogP contribution in [-0.4, -0.2) is 35.1 Å². The molecular weight excluding hydrogens is 207 g/mol. The van der Waals surface area contributed by atoms with E-state index in [-0.39, 0.29) is 5.91 Å². The summed E-state index contributed by atoms with van der Waals surface area (Å²) in [4.78, 5) is 17.6. The van der Waals surface area contributed by atoms with Crippen LogP contribution in [0.4, 0.5) is 4.39 Å². The fourth-order valence-corrected chi connectivity index (χ4v) is 1.89. The van der Waals surface area contributed by atoms with Crippen LogP contribution in [-0.2, 0) is 11.2 Å². The van der Waals surface area contributed by atoms with Gasteiger partial charge in [-0.3, -0.25) is 9.78 Å². The van der Waals surface area contributed by atoms with Gasteiger partial charge in [0.25, 0.3) is 0 Å². The molecule has 3 nitrogen and oxygen atoms in total. The van der Waals surface area contributed by atoms with E-state index in [1.807, 2.05) is 12.1 Å². The summed E-state index contributed by atoms with van der Waals surface area (Å²) in [5.74, 6) is 0.0694. The van der Waals surface area contributed by atoms with Gasteiger partial charge >= 0.3 is 0 Å². The fourth-order valence-electron chi connectivity index (χ4n) is 1.89. The Bertz CT molecular complexity index is 347. The Morgan fingerprint density at radius 3 is 2.88 bits per heavy atom. The summed E-state index contributed by atoms with van der Waals surface area (Å²) >= 11 is 0. The number of carbonyl (C=O) groups is 1. The van der Waals surface area contributed by atoms with Crippen LogP contribution in [0.25, 0.3) is 0 Å². The van der Waals surface area contributed by atoms with Crippen LogP contribution in [0.3, 0.4) is 0 Å². The third-order valence-corrected chi connectivity index (χ3v) is 2.86. The van der Waals surface area contributed by atoms with Crippen molar-refractivity contribution in [2.24, 2.45) is 0 Å². The van der Waals surface area contributed by atoms with Gasteiger partial charge in [-0.25, -0.2) is 4.39 Å². The van der Waals surface area contributed by atoms with Gasteiger partial charge in [0.2, 0.25) is 5.91 Å². The summed E-state index contributed by atoms with van der Waals surface area (Å²) in [5, 5.41) is 0. The van der Waals surface area contributed by atoms with Crippen molar-refractivity contribution >= 4 is 5.91 Å². The van der Waals surface area contributed by atoms with E-state index in [1.165, 1.54) is 0 Å². The molecule has 0 saturated carbocycles. The maximum atomic E-state index is 12.9. The minimum Gasteiger partial charge on any atom is -0.342 e. The number of alkyl halides is 1. The Hall–Kier alpha value is -1.45. The van der Waals surface area contributed by atoms with E-state index < -0.39 is 6.17 Å². The molecule has 0 aromatic carbocycles. The minimum atomic E-state index is -0.734. The number of amides is 1. The Morgan fingerprint density at radius 2 is 2.25 bits per heavy atom. The molecule has 2 rings (SSSR count). The van der Waals surface area contributed by atoms with Crippen molar-refractivity contribution in [3.63, 3.8) is 0 Å². The molecule has 0 radical (unpaired) electrons. The fraction of sp³-hybridized carbons (Fsp3) is 0.500. The van der Waals surface area contributed by atoms with Gasteiger partial charge in [-0.1, -0.05) is 6.07 Å². The molecule has 86 valence electrons. The molecule has 0 atom stereocenters. The monoisotopic (exact) mass is 222 g/mol. The highest BCUT2D eigenvalue weighted by molar-refractivity contribution is 5.78. The number of aromatic nitrogens is 1. The van der Waals surface area contributed by atoms with Gasteiger partial charge in [-0.15, -0.1) is 0 Å². The predicted octanol–water partition coefficient (Wildman–Crippen LogP) is 1.58. The number of hydrogen-bond donors (Lipinski definition) is 0. The molecule has 1 amide bonds. The minimum absolute atomic E-state index is 0.0694. The summed E-state index contributed by atoms with van der Waals surface area (Å²) in [6.45, 7) is 1.08. The topological polar surface area (TPSA) is 33.2 Å². The number of hydrogen-bond acceptors (Lipinski definition) is 2. The molecule has 0 bridgehead atoms. The number of piperidine rings is 1. The molecule has 1 aliphatic heterocycles. The first-order chi connectivity index (χ1) is 7.75. The number of likely N-dealkylation sites (tertiary alicyclic amines) is 1. The van der Waals surface area contributed by atoms with Gasteiger partial charge in [0.1, 0.15) is 6.17 Å². The number of carbonyl (C=O) groups excluding carboxylic acids is 1. The molecule has 16 heavy (non-hydrogen) atoms. The quantitative estimate of drug-likeness (QED) is 0.761. The average molecular weight is 222 g/mol. The number of rotatable bonds is 2. The van der Waals surface area contributed by atoms with Gasteiger partial charge in [-0.2, -0.15) is 0 Å². The van der Waals surface area contributed by atoms with Crippen molar-refractivity contribution in [2.45, 2.75) is 25.4 Å². The zero-order valence-electron chi connectivity index (χ0n) is 9.10. The lowest BCUT2D eigenvalue weighted by atomic mass is 10.1. The number of pyridine rings is 1. The van der Waals surface area contributed by atoms with Crippen LogP contribution in [0.15, 0.2) is 24.5 Å². The van der Waals surface area contributed by atoms with E-state index in [0.29, 0.717) is 32.4 Å². The highest BCUT2D eigenvalue weighted by Gasteiger charge is 2.22. The number of nitrogens with zero attached hydrogens (tertiary/aromatic N) is 2. The standard InChI is InChI=1S/C12H15FN2O/c13-11-3-6-15(7-4-11)12(16)8-10-2-1-5-14-9-10/h1-2,5,9,11H,3-4,6-8H2. The Kier molecular flexibility index (Phi) is 3.49. The van der Waals surface area contributed by atoms with Gasteiger partial charge in [0.05, 0.1) is 6.42 Å². The molecule has 1 fully saturated rings. The van der Waals surface area contributed by atoms with E-state index in [1.54, 1.807) is 17.3 Å². The van der Waals surface area contributed by atoms with Crippen LogP contribution < -0.4 is 0 Å². The van der Waals surface area contributed by atoms with Crippen LogP contribution >= 0.6 is 0 Å². The van der Waals surface area contributed by atoms with Crippen LogP contribution in [0, 0.1) is 0 Å². The third-order valence-electron chi connectivity index (χ3n) is 2.86. The van der Waals surface area contributed by atoms with E-state index in [4.69, 9.17) is 0 Å². The molecule has 1 aromatic rings. The second-order valence-electron chi connectivity index (χ2n) is 4.09. The van der Waals surface area contributed by atoms with Crippen molar-refractivity contribution in [1.29, 1.82) is 0 Å². The van der Waals surface area contributed by atoms with Crippen molar-refractivity contribution in [1.82, 2.24) is 9.88 Å². The summed E-state index contributed by atoms with van der Waals surface area (Å²) in [7, 11) is 0. The molecule has 0 unspecified atom stereocenters. The SMILES string of the molecule is O=C(Cc1cccnc1)N1CCC(F)CC1. The Balaban J connectivity index is 1.89. The van der Waals surface area contributed by atoms with Crippen LogP contribution in [0.5, 0.6) is 0 Å². The molecule has 4 heteroatoms. The summed E-state index contributed by atoms with van der Waals surface area (Å²) in [6.07, 6.45) is 3.95. The summed E-state index contributed by atoms with van der Waals surface area (Å²) in [6, 6.07) is 3.70. The zero-order chi connectivity index (χ0) is 11.4. The second kappa shape index (κ2) is 5.05. The lowest BCUT2D eigenvalue weighted by molar-refractivity contribution is -0.131. The smallest absolute Gasteiger partial charge is 0.227 e. The van der Waals surface area contributed by atoms with Crippen molar-refractivity contribution in [3.8, 4) is 0 Å². The molecule has 0 aliphatic carbocycles. The van der Waals surface area contributed by atoms with Gasteiger partial charge in [-0.05, 0) is 24.5 Å². The molecule has 1 aromatic heterocycles. The maximum absolute atomic E-state index is 12.9. The highest BCUT2D eigenvalue weighted by Crippen LogP contribution is 2.14. The van der Waals surface area contributed by atoms with E-state index in [9.17, 15) is 9.18 Å². The van der Waals surface area contributed by atoms with E-state index in [0.717, 1.165) is 5.56 Å². The van der Waals surface area contributed by atoms with Crippen molar-refractivity contribution in [3.05, 3.63) is 30.1 Å². The predicted molar refractivity (Wildman–Crippen MR) is 58.7 cm³/mol. The highest BCUT2D eigenvalue weighted by atomic mass is 19.1. The average Bonchev–Trinajstić information content (AvgIpc) is 2.31. The van der Waals surface area contributed by atoms with Crippen LogP contribution in [0.2, 0.25) is 0 Å². The largest absolute Gasteiger partial charge is 0.342 e. The molecule has 0 N–H and O–H groups in total. The van der Waals surface area contributed by atoms with Crippen molar-refractivity contribution in [2.75, 3.05) is 13.1 Å². The summed E-state index contributed by atoms with van der Waals surface area (Å²) in [5.41, 5.74) is 0.912. The number of halogens is 1. The lowest BCUT2D eigenvalue weighted by Gasteiger charge is -2.28. The van der Waals surface area contributed by atoms with Gasteiger partial charge in [0, 0.05) is 25.5 Å². The van der Waals surface area contributed by atoms with Gasteiger partial charge in [0.15, 0.2) is 0 Å².